The first kappa shape index (κ1) is 20.9. The summed E-state index contributed by atoms with van der Waals surface area (Å²) in [4.78, 5) is 19.0. The molecule has 8 heteroatoms. The molecule has 0 aliphatic carbocycles. The molecule has 8 nitrogen and oxygen atoms in total. The Morgan fingerprint density at radius 2 is 1.86 bits per heavy atom. The van der Waals surface area contributed by atoms with Crippen molar-refractivity contribution in [2.75, 3.05) is 54.2 Å². The summed E-state index contributed by atoms with van der Waals surface area (Å²) in [6, 6.07) is 9.19. The number of benzene rings is 1. The minimum atomic E-state index is -0.182. The minimum Gasteiger partial charge on any atom is -0.493 e. The second-order valence-corrected chi connectivity index (χ2v) is 6.58. The largest absolute Gasteiger partial charge is 0.493 e. The van der Waals surface area contributed by atoms with Gasteiger partial charge < -0.3 is 24.3 Å². The average Bonchev–Trinajstić information content (AvgIpc) is 2.79. The fourth-order valence-corrected chi connectivity index (χ4v) is 3.33. The maximum absolute atomic E-state index is 12.6. The average molecular weight is 401 g/mol. The molecule has 1 atom stereocenters. The molecule has 3 rings (SSSR count). The molecule has 29 heavy (non-hydrogen) atoms. The number of pyridine rings is 1. The normalized spacial score (nSPS) is 15.4. The number of methoxy groups -OCH3 is 3. The van der Waals surface area contributed by atoms with Gasteiger partial charge in [-0.3, -0.25) is 9.69 Å². The van der Waals surface area contributed by atoms with Gasteiger partial charge in [0.05, 0.1) is 46.1 Å². The van der Waals surface area contributed by atoms with E-state index in [9.17, 15) is 4.79 Å². The Hall–Kier alpha value is -2.84. The van der Waals surface area contributed by atoms with Gasteiger partial charge in [0.2, 0.25) is 5.88 Å². The van der Waals surface area contributed by atoms with E-state index < -0.39 is 0 Å². The quantitative estimate of drug-likeness (QED) is 0.724. The van der Waals surface area contributed by atoms with Gasteiger partial charge in [-0.1, -0.05) is 6.07 Å². The maximum Gasteiger partial charge on any atom is 0.252 e. The van der Waals surface area contributed by atoms with Crippen LogP contribution in [0.5, 0.6) is 17.4 Å². The molecule has 0 spiro atoms. The van der Waals surface area contributed by atoms with Gasteiger partial charge in [0.25, 0.3) is 5.91 Å². The van der Waals surface area contributed by atoms with Crippen LogP contribution in [0.1, 0.15) is 22.0 Å². The summed E-state index contributed by atoms with van der Waals surface area (Å²) in [6.45, 7) is 3.36. The van der Waals surface area contributed by atoms with E-state index in [-0.39, 0.29) is 11.9 Å². The number of nitrogens with zero attached hydrogens (tertiary/aromatic N) is 2. The zero-order chi connectivity index (χ0) is 20.6. The second kappa shape index (κ2) is 10.1. The number of carbonyl (C=O) groups excluding carboxylic acids is 1. The number of aromatic nitrogens is 1. The van der Waals surface area contributed by atoms with Crippen LogP contribution in [0.3, 0.4) is 0 Å². The molecule has 1 saturated heterocycles. The van der Waals surface area contributed by atoms with Gasteiger partial charge >= 0.3 is 0 Å². The zero-order valence-electron chi connectivity index (χ0n) is 17.0. The third kappa shape index (κ3) is 5.16. The topological polar surface area (TPSA) is 82.2 Å². The molecule has 1 unspecified atom stereocenters. The number of rotatable bonds is 8. The highest BCUT2D eigenvalue weighted by Crippen LogP contribution is 2.32. The van der Waals surface area contributed by atoms with Crippen LogP contribution in [0.2, 0.25) is 0 Å². The third-order valence-corrected chi connectivity index (χ3v) is 4.94. The summed E-state index contributed by atoms with van der Waals surface area (Å²) in [5.41, 5.74) is 1.52. The molecule has 1 aliphatic heterocycles. The lowest BCUT2D eigenvalue weighted by molar-refractivity contribution is 0.0162. The Labute approximate surface area is 170 Å². The van der Waals surface area contributed by atoms with Gasteiger partial charge in [-0.25, -0.2) is 4.98 Å². The van der Waals surface area contributed by atoms with Crippen molar-refractivity contribution < 1.29 is 23.7 Å². The monoisotopic (exact) mass is 401 g/mol. The number of ether oxygens (including phenoxy) is 4. The van der Waals surface area contributed by atoms with Crippen molar-refractivity contribution >= 4 is 5.91 Å². The second-order valence-electron chi connectivity index (χ2n) is 6.58. The highest BCUT2D eigenvalue weighted by Gasteiger charge is 2.24. The van der Waals surface area contributed by atoms with Gasteiger partial charge in [-0.05, 0) is 23.8 Å². The Morgan fingerprint density at radius 1 is 1.10 bits per heavy atom. The van der Waals surface area contributed by atoms with Crippen molar-refractivity contribution in [3.8, 4) is 17.4 Å². The Bertz CT molecular complexity index is 806. The van der Waals surface area contributed by atoms with E-state index in [4.69, 9.17) is 18.9 Å². The third-order valence-electron chi connectivity index (χ3n) is 4.94. The van der Waals surface area contributed by atoms with Gasteiger partial charge in [-0.15, -0.1) is 0 Å². The molecule has 1 aromatic heterocycles. The van der Waals surface area contributed by atoms with Crippen molar-refractivity contribution in [1.29, 1.82) is 0 Å². The van der Waals surface area contributed by atoms with E-state index in [0.717, 1.165) is 18.7 Å². The van der Waals surface area contributed by atoms with E-state index in [1.807, 2.05) is 18.2 Å². The fraction of sp³-hybridized carbons (Fsp3) is 0.429. The first-order valence-corrected chi connectivity index (χ1v) is 9.48. The number of hydrogen-bond acceptors (Lipinski definition) is 7. The van der Waals surface area contributed by atoms with Crippen LogP contribution in [0.15, 0.2) is 36.5 Å². The molecule has 1 N–H and O–H groups in total. The molecule has 1 amide bonds. The lowest BCUT2D eigenvalue weighted by atomic mass is 10.0. The molecule has 1 aromatic carbocycles. The molecule has 0 radical (unpaired) electrons. The molecular weight excluding hydrogens is 374 g/mol. The van der Waals surface area contributed by atoms with E-state index >= 15 is 0 Å². The molecule has 1 fully saturated rings. The first-order valence-electron chi connectivity index (χ1n) is 9.48. The molecular formula is C21H27N3O5. The molecule has 0 bridgehead atoms. The van der Waals surface area contributed by atoms with E-state index in [1.165, 1.54) is 13.3 Å². The molecule has 156 valence electrons. The summed E-state index contributed by atoms with van der Waals surface area (Å²) in [5, 5.41) is 3.02. The predicted molar refractivity (Wildman–Crippen MR) is 108 cm³/mol. The highest BCUT2D eigenvalue weighted by atomic mass is 16.5. The van der Waals surface area contributed by atoms with Gasteiger partial charge in [-0.2, -0.15) is 0 Å². The maximum atomic E-state index is 12.6. The number of amides is 1. The van der Waals surface area contributed by atoms with Crippen molar-refractivity contribution in [3.05, 3.63) is 47.7 Å². The van der Waals surface area contributed by atoms with Crippen LogP contribution in [0, 0.1) is 0 Å². The van der Waals surface area contributed by atoms with Crippen molar-refractivity contribution in [3.63, 3.8) is 0 Å². The summed E-state index contributed by atoms with van der Waals surface area (Å²) < 4.78 is 21.3. The van der Waals surface area contributed by atoms with Gasteiger partial charge in [0.15, 0.2) is 11.5 Å². The van der Waals surface area contributed by atoms with E-state index in [1.54, 1.807) is 26.4 Å². The van der Waals surface area contributed by atoms with Crippen molar-refractivity contribution in [2.45, 2.75) is 6.04 Å². The molecule has 1 aliphatic rings. The van der Waals surface area contributed by atoms with Crippen LogP contribution >= 0.6 is 0 Å². The fourth-order valence-electron chi connectivity index (χ4n) is 3.33. The number of carbonyl (C=O) groups is 1. The van der Waals surface area contributed by atoms with Crippen LogP contribution in [-0.4, -0.2) is 70.0 Å². The smallest absolute Gasteiger partial charge is 0.252 e. The summed E-state index contributed by atoms with van der Waals surface area (Å²) in [7, 11) is 4.77. The summed E-state index contributed by atoms with van der Waals surface area (Å²) in [5.74, 6) is 1.62. The standard InChI is InChI=1S/C21H27N3O5/c1-26-18-6-4-15(12-19(18)27-2)17(24-8-10-29-11-9-24)14-23-21(25)16-5-7-20(28-3)22-13-16/h4-7,12-13,17H,8-11,14H2,1-3H3,(H,23,25). The van der Waals surface area contributed by atoms with Crippen molar-refractivity contribution in [2.24, 2.45) is 0 Å². The predicted octanol–water partition coefficient (Wildman–Crippen LogP) is 1.91. The van der Waals surface area contributed by atoms with E-state index in [2.05, 4.69) is 15.2 Å². The Kier molecular flexibility index (Phi) is 7.26. The molecule has 0 saturated carbocycles. The van der Waals surface area contributed by atoms with Gasteiger partial charge in [0, 0.05) is 31.9 Å². The summed E-state index contributed by atoms with van der Waals surface area (Å²) in [6.07, 6.45) is 1.51. The van der Waals surface area contributed by atoms with Gasteiger partial charge in [0.1, 0.15) is 0 Å². The lowest BCUT2D eigenvalue weighted by Gasteiger charge is -2.35. The number of hydrogen-bond donors (Lipinski definition) is 1. The van der Waals surface area contributed by atoms with Crippen LogP contribution in [0.25, 0.3) is 0 Å². The van der Waals surface area contributed by atoms with Crippen LogP contribution in [0.4, 0.5) is 0 Å². The molecule has 2 aromatic rings. The van der Waals surface area contributed by atoms with Crippen LogP contribution < -0.4 is 19.5 Å². The summed E-state index contributed by atoms with van der Waals surface area (Å²) >= 11 is 0. The number of morpholine rings is 1. The minimum absolute atomic E-state index is 0.0196. The highest BCUT2D eigenvalue weighted by molar-refractivity contribution is 5.93. The molecule has 2 heterocycles. The Morgan fingerprint density at radius 3 is 2.48 bits per heavy atom. The van der Waals surface area contributed by atoms with Crippen molar-refractivity contribution in [1.82, 2.24) is 15.2 Å². The first-order chi connectivity index (χ1) is 14.2. The Balaban J connectivity index is 1.77. The SMILES string of the molecule is COc1ccc(C(=O)NCC(c2ccc(OC)c(OC)c2)N2CCOCC2)cn1. The lowest BCUT2D eigenvalue weighted by Crippen LogP contribution is -2.43. The zero-order valence-corrected chi connectivity index (χ0v) is 17.0. The van der Waals surface area contributed by atoms with E-state index in [0.29, 0.717) is 42.7 Å². The number of nitrogens with one attached hydrogen (secondary N) is 1. The van der Waals surface area contributed by atoms with Crippen LogP contribution in [-0.2, 0) is 4.74 Å².